The van der Waals surface area contributed by atoms with E-state index >= 15 is 0 Å². The number of halogens is 2. The van der Waals surface area contributed by atoms with Crippen LogP contribution in [0.25, 0.3) is 11.0 Å². The van der Waals surface area contributed by atoms with Gasteiger partial charge in [-0.3, -0.25) is 9.59 Å². The van der Waals surface area contributed by atoms with Gasteiger partial charge in [-0.05, 0) is 56.0 Å². The molecule has 1 N–H and O–H groups in total. The van der Waals surface area contributed by atoms with Gasteiger partial charge in [0, 0.05) is 63.2 Å². The normalized spacial score (nSPS) is 18.5. The Morgan fingerprint density at radius 1 is 1.08 bits per heavy atom. The first kappa shape index (κ1) is 27.1. The second-order valence-corrected chi connectivity index (χ2v) is 10.4. The Balaban J connectivity index is 1.51. The van der Waals surface area contributed by atoms with E-state index in [4.69, 9.17) is 9.15 Å². The fourth-order valence-corrected chi connectivity index (χ4v) is 5.23. The summed E-state index contributed by atoms with van der Waals surface area (Å²) in [7, 11) is 1.72. The zero-order valence-electron chi connectivity index (χ0n) is 22.2. The highest BCUT2D eigenvalue weighted by Crippen LogP contribution is 2.28. The summed E-state index contributed by atoms with van der Waals surface area (Å²) in [6, 6.07) is 8.10. The summed E-state index contributed by atoms with van der Waals surface area (Å²) < 4.78 is 39.5. The molecule has 0 aliphatic carbocycles. The van der Waals surface area contributed by atoms with E-state index in [-0.39, 0.29) is 17.4 Å². The number of morpholine rings is 1. The topological polar surface area (TPSA) is 86.5 Å². The molecule has 39 heavy (non-hydrogen) atoms. The summed E-state index contributed by atoms with van der Waals surface area (Å²) in [5, 5.41) is 10.1. The van der Waals surface area contributed by atoms with Crippen molar-refractivity contribution in [3.63, 3.8) is 0 Å². The van der Waals surface area contributed by atoms with E-state index in [9.17, 15) is 23.5 Å². The lowest BCUT2D eigenvalue weighted by atomic mass is 10.0. The number of benzene rings is 2. The van der Waals surface area contributed by atoms with Crippen LogP contribution in [0.15, 0.2) is 45.6 Å². The molecule has 2 aromatic carbocycles. The van der Waals surface area contributed by atoms with Gasteiger partial charge in [-0.2, -0.15) is 0 Å². The number of anilines is 2. The average molecular weight is 542 g/mol. The van der Waals surface area contributed by atoms with E-state index in [1.807, 2.05) is 11.8 Å². The molecule has 3 aromatic rings. The summed E-state index contributed by atoms with van der Waals surface area (Å²) in [5.41, 5.74) is 1.53. The minimum absolute atomic E-state index is 0.0115. The third kappa shape index (κ3) is 6.07. The number of fused-ring (bicyclic) bond motifs is 1. The van der Waals surface area contributed by atoms with Crippen molar-refractivity contribution in [3.8, 4) is 0 Å². The Morgan fingerprint density at radius 2 is 1.79 bits per heavy atom. The SMILES string of the molecule is C[C@@H]1CN(c2cc(=O)c3cc(C(=O)N4CCC(O)CC4)cc(CCN(C)c4cc(F)cc(F)c4)c3o2)CCO1. The van der Waals surface area contributed by atoms with E-state index in [0.29, 0.717) is 92.3 Å². The fourth-order valence-electron chi connectivity index (χ4n) is 5.23. The molecule has 0 saturated carbocycles. The predicted octanol–water partition coefficient (Wildman–Crippen LogP) is 3.57. The number of carbonyl (C=O) groups excluding carboxylic acids is 1. The van der Waals surface area contributed by atoms with Gasteiger partial charge in [0.15, 0.2) is 11.3 Å². The Morgan fingerprint density at radius 3 is 2.49 bits per heavy atom. The second kappa shape index (κ2) is 11.3. The van der Waals surface area contributed by atoms with Crippen molar-refractivity contribution < 1.29 is 27.8 Å². The summed E-state index contributed by atoms with van der Waals surface area (Å²) in [6.07, 6.45) is 0.937. The van der Waals surface area contributed by atoms with Gasteiger partial charge in [-0.15, -0.1) is 0 Å². The lowest BCUT2D eigenvalue weighted by molar-refractivity contribution is 0.0517. The van der Waals surface area contributed by atoms with Crippen molar-refractivity contribution >= 4 is 28.4 Å². The number of hydrogen-bond donors (Lipinski definition) is 1. The van der Waals surface area contributed by atoms with Gasteiger partial charge in [0.2, 0.25) is 0 Å². The number of likely N-dealkylation sites (tertiary alicyclic amines) is 1. The minimum atomic E-state index is -0.670. The molecule has 208 valence electrons. The molecule has 2 fully saturated rings. The highest BCUT2D eigenvalue weighted by molar-refractivity contribution is 5.98. The van der Waals surface area contributed by atoms with Gasteiger partial charge < -0.3 is 29.0 Å². The van der Waals surface area contributed by atoms with Crippen LogP contribution in [0.5, 0.6) is 0 Å². The van der Waals surface area contributed by atoms with Crippen molar-refractivity contribution in [3.05, 3.63) is 69.4 Å². The zero-order valence-corrected chi connectivity index (χ0v) is 22.2. The van der Waals surface area contributed by atoms with Crippen LogP contribution in [0, 0.1) is 11.6 Å². The van der Waals surface area contributed by atoms with E-state index in [1.165, 1.54) is 18.2 Å². The molecule has 2 aliphatic rings. The minimum Gasteiger partial charge on any atom is -0.440 e. The lowest BCUT2D eigenvalue weighted by Crippen LogP contribution is -2.41. The Hall–Kier alpha value is -3.50. The predicted molar refractivity (Wildman–Crippen MR) is 145 cm³/mol. The standard InChI is InChI=1S/C29H33F2N3O5/c1-18-17-34(9-10-38-18)27-16-26(36)25-12-20(29(37)33-7-4-24(35)5-8-33)11-19(28(25)39-27)3-6-32(2)23-14-21(30)13-22(31)15-23/h11-16,18,24,35H,3-10,17H2,1-2H3/t18-/m1/s1. The quantitative estimate of drug-likeness (QED) is 0.511. The molecule has 1 amide bonds. The third-order valence-electron chi connectivity index (χ3n) is 7.45. The molecular weight excluding hydrogens is 508 g/mol. The van der Waals surface area contributed by atoms with Gasteiger partial charge in [0.25, 0.3) is 5.91 Å². The van der Waals surface area contributed by atoms with Crippen molar-refractivity contribution in [1.29, 1.82) is 0 Å². The molecular formula is C29H33F2N3O5. The van der Waals surface area contributed by atoms with E-state index in [2.05, 4.69) is 0 Å². The van der Waals surface area contributed by atoms with E-state index < -0.39 is 17.7 Å². The third-order valence-corrected chi connectivity index (χ3v) is 7.45. The summed E-state index contributed by atoms with van der Waals surface area (Å²) >= 11 is 0. The first-order chi connectivity index (χ1) is 18.7. The number of aliphatic hydroxyl groups excluding tert-OH is 1. The fraction of sp³-hybridized carbons (Fsp3) is 0.448. The smallest absolute Gasteiger partial charge is 0.253 e. The molecule has 0 radical (unpaired) electrons. The number of rotatable bonds is 6. The number of ether oxygens (including phenoxy) is 1. The van der Waals surface area contributed by atoms with Gasteiger partial charge >= 0.3 is 0 Å². The van der Waals surface area contributed by atoms with Crippen molar-refractivity contribution in [2.24, 2.45) is 0 Å². The molecule has 0 unspecified atom stereocenters. The number of piperidine rings is 1. The van der Waals surface area contributed by atoms with Gasteiger partial charge in [-0.1, -0.05) is 0 Å². The summed E-state index contributed by atoms with van der Waals surface area (Å²) in [6.45, 7) is 4.86. The van der Waals surface area contributed by atoms with Crippen LogP contribution >= 0.6 is 0 Å². The van der Waals surface area contributed by atoms with Gasteiger partial charge in [0.1, 0.15) is 17.2 Å². The Bertz CT molecular complexity index is 1400. The van der Waals surface area contributed by atoms with Crippen LogP contribution in [0.2, 0.25) is 0 Å². The number of carbonyl (C=O) groups is 1. The Kier molecular flexibility index (Phi) is 7.86. The number of amides is 1. The number of likely N-dealkylation sites (N-methyl/N-ethyl adjacent to an activating group) is 1. The zero-order chi connectivity index (χ0) is 27.7. The monoisotopic (exact) mass is 541 g/mol. The number of hydrogen-bond acceptors (Lipinski definition) is 7. The van der Waals surface area contributed by atoms with E-state index in [0.717, 1.165) is 6.07 Å². The van der Waals surface area contributed by atoms with Crippen LogP contribution in [0.4, 0.5) is 20.4 Å². The van der Waals surface area contributed by atoms with Crippen LogP contribution in [0.1, 0.15) is 35.7 Å². The van der Waals surface area contributed by atoms with E-state index in [1.54, 1.807) is 29.0 Å². The maximum atomic E-state index is 13.8. The Labute approximate surface area is 225 Å². The van der Waals surface area contributed by atoms with Gasteiger partial charge in [0.05, 0.1) is 24.2 Å². The first-order valence-electron chi connectivity index (χ1n) is 13.3. The number of aliphatic hydroxyl groups is 1. The summed E-state index contributed by atoms with van der Waals surface area (Å²) in [4.78, 5) is 32.1. The molecule has 0 spiro atoms. The molecule has 3 heterocycles. The molecule has 8 nitrogen and oxygen atoms in total. The van der Waals surface area contributed by atoms with Crippen LogP contribution < -0.4 is 15.2 Å². The molecule has 0 bridgehead atoms. The van der Waals surface area contributed by atoms with Crippen molar-refractivity contribution in [2.75, 3.05) is 56.2 Å². The van der Waals surface area contributed by atoms with Crippen LogP contribution in [-0.4, -0.2) is 74.5 Å². The first-order valence-corrected chi connectivity index (χ1v) is 13.3. The lowest BCUT2D eigenvalue weighted by Gasteiger charge is -2.31. The molecule has 5 rings (SSSR count). The maximum Gasteiger partial charge on any atom is 0.253 e. The average Bonchev–Trinajstić information content (AvgIpc) is 2.91. The van der Waals surface area contributed by atoms with Crippen LogP contribution in [-0.2, 0) is 11.2 Å². The van der Waals surface area contributed by atoms with Crippen molar-refractivity contribution in [2.45, 2.75) is 38.4 Å². The van der Waals surface area contributed by atoms with Gasteiger partial charge in [-0.25, -0.2) is 8.78 Å². The van der Waals surface area contributed by atoms with Crippen LogP contribution in [0.3, 0.4) is 0 Å². The molecule has 2 aliphatic heterocycles. The molecule has 1 atom stereocenters. The highest BCUT2D eigenvalue weighted by atomic mass is 19.1. The second-order valence-electron chi connectivity index (χ2n) is 10.4. The summed E-state index contributed by atoms with van der Waals surface area (Å²) in [5.74, 6) is -1.11. The molecule has 1 aromatic heterocycles. The number of nitrogens with zero attached hydrogens (tertiary/aromatic N) is 3. The maximum absolute atomic E-state index is 13.8. The van der Waals surface area contributed by atoms with Crippen molar-refractivity contribution in [1.82, 2.24) is 4.90 Å². The molecule has 2 saturated heterocycles. The molecule has 10 heteroatoms. The largest absolute Gasteiger partial charge is 0.440 e. The highest BCUT2D eigenvalue weighted by Gasteiger charge is 2.25.